The van der Waals surface area contributed by atoms with Crippen LogP contribution in [-0.4, -0.2) is 20.4 Å². The molecule has 6 heteroatoms. The molecule has 2 N–H and O–H groups in total. The van der Waals surface area contributed by atoms with Crippen LogP contribution in [0.15, 0.2) is 83.7 Å². The summed E-state index contributed by atoms with van der Waals surface area (Å²) < 4.78 is 0. The van der Waals surface area contributed by atoms with Crippen molar-refractivity contribution >= 4 is 27.4 Å². The minimum atomic E-state index is -0.193. The maximum atomic E-state index is 12.0. The van der Waals surface area contributed by atoms with E-state index in [1.54, 1.807) is 6.07 Å². The zero-order valence-corrected chi connectivity index (χ0v) is 15.5. The van der Waals surface area contributed by atoms with Crippen LogP contribution in [-0.2, 0) is 6.54 Å². The second-order valence-corrected chi connectivity index (χ2v) is 6.71. The molecule has 6 nitrogen and oxygen atoms in total. The van der Waals surface area contributed by atoms with Crippen molar-refractivity contribution in [1.82, 2.24) is 20.4 Å². The van der Waals surface area contributed by atoms with Crippen LogP contribution in [0.4, 0.5) is 5.82 Å². The Hall–Kier alpha value is -4.06. The first-order valence-electron chi connectivity index (χ1n) is 9.32. The van der Waals surface area contributed by atoms with E-state index < -0.39 is 0 Å². The Bertz CT molecular complexity index is 1380. The van der Waals surface area contributed by atoms with Gasteiger partial charge in [0.05, 0.1) is 17.6 Å². The molecule has 0 aliphatic heterocycles. The molecule has 0 aliphatic carbocycles. The first-order valence-corrected chi connectivity index (χ1v) is 9.32. The smallest absolute Gasteiger partial charge is 0.272 e. The van der Waals surface area contributed by atoms with Gasteiger partial charge in [-0.1, -0.05) is 72.8 Å². The lowest BCUT2D eigenvalue weighted by Crippen LogP contribution is -2.13. The Morgan fingerprint density at radius 3 is 2.17 bits per heavy atom. The molecule has 0 bridgehead atoms. The summed E-state index contributed by atoms with van der Waals surface area (Å²) in [4.78, 5) is 12.0. The van der Waals surface area contributed by atoms with E-state index in [1.807, 2.05) is 72.8 Å². The Kier molecular flexibility index (Phi) is 4.22. The molecule has 5 aromatic rings. The lowest BCUT2D eigenvalue weighted by Gasteiger charge is -2.11. The Balaban J connectivity index is 1.54. The molecule has 140 valence electrons. The molecule has 0 radical (unpaired) electrons. The normalized spacial score (nSPS) is 11.0. The van der Waals surface area contributed by atoms with Gasteiger partial charge in [0.15, 0.2) is 5.82 Å². The van der Waals surface area contributed by atoms with Gasteiger partial charge in [-0.2, -0.15) is 5.10 Å². The van der Waals surface area contributed by atoms with Gasteiger partial charge in [-0.25, -0.2) is 5.10 Å². The van der Waals surface area contributed by atoms with E-state index in [0.29, 0.717) is 17.7 Å². The number of aromatic amines is 1. The molecule has 0 saturated carbocycles. The number of fused-ring (bicyclic) bond motifs is 2. The van der Waals surface area contributed by atoms with Crippen molar-refractivity contribution in [2.24, 2.45) is 0 Å². The molecular formula is C23H17N5O. The fourth-order valence-corrected chi connectivity index (χ4v) is 3.52. The predicted molar refractivity (Wildman–Crippen MR) is 115 cm³/mol. The Morgan fingerprint density at radius 2 is 1.38 bits per heavy atom. The van der Waals surface area contributed by atoms with Crippen LogP contribution < -0.4 is 10.9 Å². The summed E-state index contributed by atoms with van der Waals surface area (Å²) in [5.41, 5.74) is 2.43. The third-order valence-corrected chi connectivity index (χ3v) is 4.93. The van der Waals surface area contributed by atoms with E-state index in [4.69, 9.17) is 0 Å². The van der Waals surface area contributed by atoms with Crippen molar-refractivity contribution < 1.29 is 0 Å². The third kappa shape index (κ3) is 3.10. The number of nitrogens with zero attached hydrogens (tertiary/aromatic N) is 3. The molecule has 0 spiro atoms. The number of rotatable bonds is 4. The van der Waals surface area contributed by atoms with Gasteiger partial charge in [-0.3, -0.25) is 4.79 Å². The molecule has 3 aromatic carbocycles. The molecular weight excluding hydrogens is 362 g/mol. The highest BCUT2D eigenvalue weighted by molar-refractivity contribution is 6.00. The quantitative estimate of drug-likeness (QED) is 0.490. The van der Waals surface area contributed by atoms with Gasteiger partial charge in [0.1, 0.15) is 5.69 Å². The molecule has 0 aliphatic rings. The number of hydrogen-bond donors (Lipinski definition) is 2. The van der Waals surface area contributed by atoms with Crippen molar-refractivity contribution in [3.8, 4) is 11.3 Å². The first kappa shape index (κ1) is 17.1. The van der Waals surface area contributed by atoms with Crippen LogP contribution in [0.25, 0.3) is 32.8 Å². The molecule has 2 aromatic heterocycles. The number of benzene rings is 3. The molecule has 0 fully saturated rings. The fraction of sp³-hybridized carbons (Fsp3) is 0.0435. The van der Waals surface area contributed by atoms with Crippen LogP contribution in [0.3, 0.4) is 0 Å². The summed E-state index contributed by atoms with van der Waals surface area (Å²) in [7, 11) is 0. The summed E-state index contributed by atoms with van der Waals surface area (Å²) in [6.45, 7) is 0.417. The van der Waals surface area contributed by atoms with Crippen molar-refractivity contribution in [3.63, 3.8) is 0 Å². The van der Waals surface area contributed by atoms with Crippen LogP contribution in [0, 0.1) is 0 Å². The fourth-order valence-electron chi connectivity index (χ4n) is 3.52. The molecule has 2 heterocycles. The van der Waals surface area contributed by atoms with Crippen LogP contribution >= 0.6 is 0 Å². The Labute approximate surface area is 166 Å². The van der Waals surface area contributed by atoms with Gasteiger partial charge in [0.2, 0.25) is 0 Å². The second kappa shape index (κ2) is 7.16. The summed E-state index contributed by atoms with van der Waals surface area (Å²) in [5, 5.41) is 22.5. The monoisotopic (exact) mass is 379 g/mol. The zero-order chi connectivity index (χ0) is 19.6. The van der Waals surface area contributed by atoms with E-state index in [1.165, 1.54) is 0 Å². The lowest BCUT2D eigenvalue weighted by molar-refractivity contribution is 0.915. The number of hydrogen-bond acceptors (Lipinski definition) is 5. The van der Waals surface area contributed by atoms with Crippen LogP contribution in [0.2, 0.25) is 0 Å². The highest BCUT2D eigenvalue weighted by Gasteiger charge is 2.12. The summed E-state index contributed by atoms with van der Waals surface area (Å²) in [5.74, 6) is 0.678. The van der Waals surface area contributed by atoms with Gasteiger partial charge < -0.3 is 5.32 Å². The average Bonchev–Trinajstić information content (AvgIpc) is 2.79. The van der Waals surface area contributed by atoms with Crippen LogP contribution in [0.5, 0.6) is 0 Å². The van der Waals surface area contributed by atoms with Gasteiger partial charge >= 0.3 is 0 Å². The van der Waals surface area contributed by atoms with Crippen molar-refractivity contribution in [2.45, 2.75) is 6.54 Å². The van der Waals surface area contributed by atoms with Crippen molar-refractivity contribution in [1.29, 1.82) is 0 Å². The standard InChI is InChI=1S/C23H17N5O/c29-23-19-13-7-4-10-16(19)20(25-28-23)14-24-22-18-12-6-5-11-17(18)21(26-27-22)15-8-2-1-3-9-15/h1-13H,14H2,(H,24,27)(H,28,29). The second-order valence-electron chi connectivity index (χ2n) is 6.71. The highest BCUT2D eigenvalue weighted by atomic mass is 16.1. The minimum Gasteiger partial charge on any atom is -0.362 e. The summed E-state index contributed by atoms with van der Waals surface area (Å²) >= 11 is 0. The lowest BCUT2D eigenvalue weighted by atomic mass is 10.0. The van der Waals surface area contributed by atoms with E-state index in [0.717, 1.165) is 33.1 Å². The predicted octanol–water partition coefficient (Wildman–Crippen LogP) is 4.15. The third-order valence-electron chi connectivity index (χ3n) is 4.93. The number of H-pyrrole nitrogens is 1. The first-order chi connectivity index (χ1) is 14.3. The maximum absolute atomic E-state index is 12.0. The molecule has 0 atom stereocenters. The molecule has 0 saturated heterocycles. The number of anilines is 1. The molecule has 5 rings (SSSR count). The van der Waals surface area contributed by atoms with Gasteiger partial charge in [0.25, 0.3) is 5.56 Å². The van der Waals surface area contributed by atoms with Crippen LogP contribution in [0.1, 0.15) is 5.69 Å². The minimum absolute atomic E-state index is 0.193. The molecule has 0 amide bonds. The average molecular weight is 379 g/mol. The number of aromatic nitrogens is 4. The maximum Gasteiger partial charge on any atom is 0.272 e. The molecule has 0 unspecified atom stereocenters. The summed E-state index contributed by atoms with van der Waals surface area (Å²) in [6, 6.07) is 25.5. The molecule has 29 heavy (non-hydrogen) atoms. The SMILES string of the molecule is O=c1[nH]nc(CNc2nnc(-c3ccccc3)c3ccccc23)c2ccccc12. The van der Waals surface area contributed by atoms with Gasteiger partial charge in [-0.05, 0) is 6.07 Å². The summed E-state index contributed by atoms with van der Waals surface area (Å²) in [6.07, 6.45) is 0. The van der Waals surface area contributed by atoms with E-state index in [9.17, 15) is 4.79 Å². The number of nitrogens with one attached hydrogen (secondary N) is 2. The van der Waals surface area contributed by atoms with Crippen molar-refractivity contribution in [3.05, 3.63) is 94.9 Å². The van der Waals surface area contributed by atoms with E-state index in [2.05, 4.69) is 25.7 Å². The van der Waals surface area contributed by atoms with E-state index >= 15 is 0 Å². The largest absolute Gasteiger partial charge is 0.362 e. The van der Waals surface area contributed by atoms with E-state index in [-0.39, 0.29) is 5.56 Å². The van der Waals surface area contributed by atoms with Gasteiger partial charge in [-0.15, -0.1) is 10.2 Å². The zero-order valence-electron chi connectivity index (χ0n) is 15.5. The Morgan fingerprint density at radius 1 is 0.724 bits per heavy atom. The topological polar surface area (TPSA) is 83.6 Å². The highest BCUT2D eigenvalue weighted by Crippen LogP contribution is 2.29. The van der Waals surface area contributed by atoms with Gasteiger partial charge in [0, 0.05) is 21.7 Å². The van der Waals surface area contributed by atoms with Crippen molar-refractivity contribution in [2.75, 3.05) is 5.32 Å².